The van der Waals surface area contributed by atoms with Gasteiger partial charge >= 0.3 is 0 Å². The van der Waals surface area contributed by atoms with Crippen molar-refractivity contribution in [1.29, 1.82) is 0 Å². The van der Waals surface area contributed by atoms with E-state index in [0.717, 1.165) is 64.7 Å². The number of benzene rings is 2. The van der Waals surface area contributed by atoms with Gasteiger partial charge in [-0.25, -0.2) is 4.98 Å². The first-order valence-corrected chi connectivity index (χ1v) is 13.6. The van der Waals surface area contributed by atoms with Crippen molar-refractivity contribution in [2.45, 2.75) is 25.7 Å². The zero-order valence-electron chi connectivity index (χ0n) is 22.0. The predicted octanol–water partition coefficient (Wildman–Crippen LogP) is 5.65. The molecule has 0 radical (unpaired) electrons. The van der Waals surface area contributed by atoms with Crippen LogP contribution in [0.15, 0.2) is 48.7 Å². The van der Waals surface area contributed by atoms with Crippen LogP contribution < -0.4 is 5.32 Å². The van der Waals surface area contributed by atoms with Crippen LogP contribution >= 0.6 is 11.6 Å². The van der Waals surface area contributed by atoms with Crippen LogP contribution in [0.1, 0.15) is 41.6 Å². The average Bonchev–Trinajstić information content (AvgIpc) is 3.26. The number of aromatic nitrogens is 2. The lowest BCUT2D eigenvalue weighted by Crippen LogP contribution is -2.29. The highest BCUT2D eigenvalue weighted by atomic mass is 35.5. The van der Waals surface area contributed by atoms with E-state index in [9.17, 15) is 4.79 Å². The van der Waals surface area contributed by atoms with Gasteiger partial charge in [-0.1, -0.05) is 29.9 Å². The van der Waals surface area contributed by atoms with E-state index in [-0.39, 0.29) is 5.91 Å². The molecule has 0 saturated carbocycles. The number of fused-ring (bicyclic) bond motifs is 2. The zero-order valence-corrected chi connectivity index (χ0v) is 22.8. The first kappa shape index (κ1) is 26.2. The van der Waals surface area contributed by atoms with Gasteiger partial charge in [0.1, 0.15) is 0 Å². The number of hydrogen-bond donors (Lipinski definition) is 1. The van der Waals surface area contributed by atoms with Crippen LogP contribution in [0.3, 0.4) is 0 Å². The van der Waals surface area contributed by atoms with Gasteiger partial charge in [-0.2, -0.15) is 0 Å². The van der Waals surface area contributed by atoms with Gasteiger partial charge in [-0.15, -0.1) is 0 Å². The van der Waals surface area contributed by atoms with Gasteiger partial charge in [-0.3, -0.25) is 9.69 Å². The summed E-state index contributed by atoms with van der Waals surface area (Å²) in [5.74, 6) is 6.50. The van der Waals surface area contributed by atoms with E-state index in [2.05, 4.69) is 26.6 Å². The first-order valence-electron chi connectivity index (χ1n) is 13.2. The molecule has 1 saturated heterocycles. The van der Waals surface area contributed by atoms with E-state index in [1.807, 2.05) is 55.7 Å². The third kappa shape index (κ3) is 5.86. The number of rotatable bonds is 7. The molecule has 196 valence electrons. The van der Waals surface area contributed by atoms with Crippen LogP contribution in [0.4, 0.5) is 0 Å². The Morgan fingerprint density at radius 2 is 1.95 bits per heavy atom. The summed E-state index contributed by atoms with van der Waals surface area (Å²) < 4.78 is 7.19. The number of nitrogens with zero attached hydrogens (tertiary/aromatic N) is 3. The van der Waals surface area contributed by atoms with Crippen LogP contribution in [-0.4, -0.2) is 60.3 Å². The highest BCUT2D eigenvalue weighted by Crippen LogP contribution is 2.33. The molecule has 1 fully saturated rings. The van der Waals surface area contributed by atoms with Crippen molar-refractivity contribution in [2.75, 3.05) is 39.9 Å². The number of methoxy groups -OCH3 is 1. The summed E-state index contributed by atoms with van der Waals surface area (Å²) in [5, 5.41) is 5.50. The summed E-state index contributed by atoms with van der Waals surface area (Å²) in [7, 11) is 3.66. The fourth-order valence-electron chi connectivity index (χ4n) is 5.08. The van der Waals surface area contributed by atoms with Crippen molar-refractivity contribution >= 4 is 39.3 Å². The van der Waals surface area contributed by atoms with Crippen molar-refractivity contribution in [1.82, 2.24) is 19.8 Å². The molecule has 4 aromatic rings. The number of ether oxygens (including phenoxy) is 1. The highest BCUT2D eigenvalue weighted by Gasteiger charge is 2.17. The molecule has 0 aliphatic carbocycles. The van der Waals surface area contributed by atoms with E-state index in [4.69, 9.17) is 21.3 Å². The molecular weight excluding hydrogens is 496 g/mol. The Hall–Kier alpha value is -3.37. The average molecular weight is 529 g/mol. The number of likely N-dealkylation sites (tertiary alicyclic amines) is 1. The monoisotopic (exact) mass is 528 g/mol. The lowest BCUT2D eigenvalue weighted by Gasteiger charge is -2.23. The number of aryl methyl sites for hydroxylation is 1. The zero-order chi connectivity index (χ0) is 26.5. The molecule has 1 aliphatic heterocycles. The molecule has 38 heavy (non-hydrogen) atoms. The standard InChI is InChI=1S/C31H33ClN4O2/c1-35-21-27(25-19-23(32)10-12-30(25)35)29-20-26(31(37)33-13-7-17-38-2)24-18-22(9-11-28(24)34-29)8-6-16-36-14-4-3-5-15-36/h9-12,18-21H,3-5,7,13-17H2,1-2H3,(H,33,37). The van der Waals surface area contributed by atoms with Gasteiger partial charge in [0.15, 0.2) is 0 Å². The Balaban J connectivity index is 1.54. The number of hydrogen-bond acceptors (Lipinski definition) is 4. The van der Waals surface area contributed by atoms with Crippen LogP contribution in [0.25, 0.3) is 33.1 Å². The maximum atomic E-state index is 13.4. The number of carbonyl (C=O) groups is 1. The van der Waals surface area contributed by atoms with Gasteiger partial charge in [0.2, 0.25) is 0 Å². The third-order valence-corrected chi connectivity index (χ3v) is 7.31. The summed E-state index contributed by atoms with van der Waals surface area (Å²) in [6.45, 7) is 4.13. The minimum Gasteiger partial charge on any atom is -0.385 e. The molecule has 6 nitrogen and oxygen atoms in total. The Bertz CT molecular complexity index is 1530. The summed E-state index contributed by atoms with van der Waals surface area (Å²) in [6, 6.07) is 13.7. The lowest BCUT2D eigenvalue weighted by molar-refractivity contribution is 0.0950. The van der Waals surface area contributed by atoms with Crippen molar-refractivity contribution in [3.63, 3.8) is 0 Å². The maximum Gasteiger partial charge on any atom is 0.252 e. The summed E-state index contributed by atoms with van der Waals surface area (Å²) >= 11 is 6.34. The summed E-state index contributed by atoms with van der Waals surface area (Å²) in [6.07, 6.45) is 6.59. The van der Waals surface area contributed by atoms with Gasteiger partial charge in [0.05, 0.1) is 23.3 Å². The number of nitrogens with one attached hydrogen (secondary N) is 1. The first-order chi connectivity index (χ1) is 18.5. The second kappa shape index (κ2) is 12.0. The largest absolute Gasteiger partial charge is 0.385 e. The normalized spacial score (nSPS) is 14.0. The van der Waals surface area contributed by atoms with Crippen molar-refractivity contribution in [3.05, 3.63) is 64.8 Å². The summed E-state index contributed by atoms with van der Waals surface area (Å²) in [4.78, 5) is 20.8. The van der Waals surface area contributed by atoms with Gasteiger partial charge in [0, 0.05) is 65.9 Å². The Morgan fingerprint density at radius 1 is 1.11 bits per heavy atom. The summed E-state index contributed by atoms with van der Waals surface area (Å²) in [5.41, 5.74) is 4.94. The second-order valence-corrected chi connectivity index (χ2v) is 10.3. The van der Waals surface area contributed by atoms with E-state index >= 15 is 0 Å². The number of halogens is 1. The fourth-order valence-corrected chi connectivity index (χ4v) is 5.25. The molecule has 1 aliphatic rings. The van der Waals surface area contributed by atoms with Crippen LogP contribution in [0, 0.1) is 11.8 Å². The Labute approximate surface area is 228 Å². The molecule has 2 aromatic carbocycles. The Kier molecular flexibility index (Phi) is 8.29. The van der Waals surface area contributed by atoms with Crippen molar-refractivity contribution in [3.8, 4) is 23.1 Å². The minimum absolute atomic E-state index is 0.133. The van der Waals surface area contributed by atoms with E-state index in [1.165, 1.54) is 19.3 Å². The molecule has 7 heteroatoms. The molecule has 3 heterocycles. The molecule has 1 amide bonds. The Morgan fingerprint density at radius 3 is 2.76 bits per heavy atom. The van der Waals surface area contributed by atoms with E-state index in [0.29, 0.717) is 23.7 Å². The van der Waals surface area contributed by atoms with Crippen LogP contribution in [-0.2, 0) is 11.8 Å². The topological polar surface area (TPSA) is 59.4 Å². The highest BCUT2D eigenvalue weighted by molar-refractivity contribution is 6.31. The van der Waals surface area contributed by atoms with Crippen molar-refractivity contribution in [2.24, 2.45) is 7.05 Å². The van der Waals surface area contributed by atoms with Gasteiger partial charge in [-0.05, 0) is 74.8 Å². The molecule has 0 unspecified atom stereocenters. The molecule has 0 bridgehead atoms. The van der Waals surface area contributed by atoms with E-state index in [1.54, 1.807) is 7.11 Å². The van der Waals surface area contributed by atoms with Crippen molar-refractivity contribution < 1.29 is 9.53 Å². The third-order valence-electron chi connectivity index (χ3n) is 7.08. The van der Waals surface area contributed by atoms with E-state index < -0.39 is 0 Å². The SMILES string of the molecule is COCCCNC(=O)c1cc(-c2cn(C)c3ccc(Cl)cc23)nc2ccc(C#CCN3CCCCC3)cc12. The minimum atomic E-state index is -0.133. The van der Waals surface area contributed by atoms with Gasteiger partial charge < -0.3 is 14.6 Å². The van der Waals surface area contributed by atoms with Crippen LogP contribution in [0.2, 0.25) is 5.02 Å². The lowest BCUT2D eigenvalue weighted by atomic mass is 10.0. The number of pyridine rings is 1. The number of carbonyl (C=O) groups excluding carboxylic acids is 1. The second-order valence-electron chi connectivity index (χ2n) is 9.84. The molecule has 0 atom stereocenters. The number of piperidine rings is 1. The molecular formula is C31H33ClN4O2. The quantitative estimate of drug-likeness (QED) is 0.249. The molecule has 1 N–H and O–H groups in total. The number of amides is 1. The smallest absolute Gasteiger partial charge is 0.252 e. The fraction of sp³-hybridized carbons (Fsp3) is 0.355. The van der Waals surface area contributed by atoms with Crippen LogP contribution in [0.5, 0.6) is 0 Å². The maximum absolute atomic E-state index is 13.4. The molecule has 2 aromatic heterocycles. The predicted molar refractivity (Wildman–Crippen MR) is 155 cm³/mol. The molecule has 0 spiro atoms. The van der Waals surface area contributed by atoms with Gasteiger partial charge in [0.25, 0.3) is 5.91 Å². The molecule has 5 rings (SSSR count).